The first-order valence-corrected chi connectivity index (χ1v) is 15.1. The number of benzene rings is 4. The van der Waals surface area contributed by atoms with Crippen LogP contribution in [0.2, 0.25) is 10.6 Å². The molecule has 1 nitrogen and oxygen atoms in total. The van der Waals surface area contributed by atoms with E-state index in [9.17, 15) is 0 Å². The van der Waals surface area contributed by atoms with Crippen LogP contribution in [0.3, 0.4) is 0 Å². The highest BCUT2D eigenvalue weighted by molar-refractivity contribution is 6.89. The molecule has 2 aliphatic carbocycles. The Bertz CT molecular complexity index is 1850. The number of hydrogen-bond acceptors (Lipinski definition) is 1. The lowest BCUT2D eigenvalue weighted by Crippen LogP contribution is -2.34. The van der Waals surface area contributed by atoms with Crippen LogP contribution >= 0.6 is 0 Å². The normalized spacial score (nSPS) is 21.3. The Morgan fingerprint density at radius 2 is 1.29 bits per heavy atom. The lowest BCUT2D eigenvalue weighted by atomic mass is 9.52. The monoisotopic (exact) mass is 542 g/mol. The van der Waals surface area contributed by atoms with Crippen LogP contribution in [0.4, 0.5) is 0 Å². The summed E-state index contributed by atoms with van der Waals surface area (Å²) in [6.45, 7) is 14.7. The molecule has 0 amide bonds. The van der Waals surface area contributed by atoms with Crippen molar-refractivity contribution in [3.63, 3.8) is 0 Å². The summed E-state index contributed by atoms with van der Waals surface area (Å²) in [4.78, 5) is 0. The van der Waals surface area contributed by atoms with Gasteiger partial charge in [0.1, 0.15) is 11.5 Å². The molecular formula is C40H35BO. The summed E-state index contributed by atoms with van der Waals surface area (Å²) in [5.41, 5.74) is 12.2. The van der Waals surface area contributed by atoms with Gasteiger partial charge >= 0.3 is 0 Å². The molecule has 0 unspecified atom stereocenters. The van der Waals surface area contributed by atoms with Crippen molar-refractivity contribution >= 4 is 28.9 Å². The third-order valence-electron chi connectivity index (χ3n) is 11.0. The Balaban J connectivity index is 1.54. The van der Waals surface area contributed by atoms with E-state index in [4.69, 9.17) is 4.74 Å². The average molecular weight is 543 g/mol. The summed E-state index contributed by atoms with van der Waals surface area (Å²) in [6.07, 6.45) is 9.57. The second-order valence-corrected chi connectivity index (χ2v) is 13.4. The van der Waals surface area contributed by atoms with Crippen molar-refractivity contribution in [2.75, 3.05) is 0 Å². The van der Waals surface area contributed by atoms with Crippen LogP contribution in [0.25, 0.3) is 16.7 Å². The van der Waals surface area contributed by atoms with Crippen molar-refractivity contribution in [1.82, 2.24) is 0 Å². The standard InChI is InChI=1S/C40H35BO/c1-26-15-7-6-8-17-31-29-24-23-27(41-38(2,3)39(41,4)5)25-34(29)40(37(31)30-18-10-9-16-28(26)30)32-19-11-13-21-35(32)42-36-22-14-12-20-33(36)40/h6-16,18-25H,1,17H2,2-5H3/b8-6-,15-7-. The topological polar surface area (TPSA) is 9.23 Å². The molecule has 0 saturated carbocycles. The molecule has 0 N–H and O–H groups in total. The highest BCUT2D eigenvalue weighted by Gasteiger charge is 2.68. The zero-order chi connectivity index (χ0) is 28.9. The quantitative estimate of drug-likeness (QED) is 0.218. The van der Waals surface area contributed by atoms with Crippen LogP contribution in [0.1, 0.15) is 67.5 Å². The van der Waals surface area contributed by atoms with Crippen molar-refractivity contribution in [1.29, 1.82) is 0 Å². The lowest BCUT2D eigenvalue weighted by Gasteiger charge is -2.41. The second-order valence-electron chi connectivity index (χ2n) is 13.4. The van der Waals surface area contributed by atoms with E-state index in [0.717, 1.165) is 23.5 Å². The Hall–Kier alpha value is -4.30. The van der Waals surface area contributed by atoms with Crippen molar-refractivity contribution in [2.45, 2.75) is 50.2 Å². The summed E-state index contributed by atoms with van der Waals surface area (Å²) >= 11 is 0. The van der Waals surface area contributed by atoms with Gasteiger partial charge in [-0.3, -0.25) is 0 Å². The average Bonchev–Trinajstić information content (AvgIpc) is 3.26. The number of allylic oxidation sites excluding steroid dienone is 7. The number of para-hydroxylation sites is 2. The molecule has 8 rings (SSSR count). The van der Waals surface area contributed by atoms with Crippen molar-refractivity contribution in [2.24, 2.45) is 0 Å². The maximum atomic E-state index is 6.66. The summed E-state index contributed by atoms with van der Waals surface area (Å²) in [5.74, 6) is 1.86. The molecule has 2 heterocycles. The van der Waals surface area contributed by atoms with Crippen LogP contribution in [0.15, 0.2) is 122 Å². The second kappa shape index (κ2) is 8.61. The molecule has 0 bridgehead atoms. The van der Waals surface area contributed by atoms with E-state index < -0.39 is 5.41 Å². The van der Waals surface area contributed by atoms with Gasteiger partial charge in [-0.25, -0.2) is 0 Å². The molecule has 204 valence electrons. The summed E-state index contributed by atoms with van der Waals surface area (Å²) in [6, 6.07) is 33.6. The minimum Gasteiger partial charge on any atom is -0.457 e. The summed E-state index contributed by atoms with van der Waals surface area (Å²) in [7, 11) is 0. The van der Waals surface area contributed by atoms with Gasteiger partial charge in [0.05, 0.1) is 5.41 Å². The summed E-state index contributed by atoms with van der Waals surface area (Å²) < 4.78 is 6.66. The molecule has 1 spiro atoms. The summed E-state index contributed by atoms with van der Waals surface area (Å²) in [5, 5.41) is 0.490. The first-order valence-electron chi connectivity index (χ1n) is 15.1. The van der Waals surface area contributed by atoms with Gasteiger partial charge in [-0.1, -0.05) is 154 Å². The highest BCUT2D eigenvalue weighted by Crippen LogP contribution is 2.73. The number of fused-ring (bicyclic) bond motifs is 10. The Morgan fingerprint density at radius 1 is 0.667 bits per heavy atom. The lowest BCUT2D eigenvalue weighted by molar-refractivity contribution is 0.441. The number of hydrogen-bond donors (Lipinski definition) is 0. The van der Waals surface area contributed by atoms with E-state index in [0.29, 0.717) is 6.71 Å². The van der Waals surface area contributed by atoms with Gasteiger partial charge < -0.3 is 4.74 Å². The third-order valence-corrected chi connectivity index (χ3v) is 11.0. The van der Waals surface area contributed by atoms with Gasteiger partial charge in [0, 0.05) is 11.1 Å². The predicted octanol–water partition coefficient (Wildman–Crippen LogP) is 9.86. The minimum absolute atomic E-state index is 0.245. The van der Waals surface area contributed by atoms with Gasteiger partial charge in [0.15, 0.2) is 6.71 Å². The molecule has 4 aromatic rings. The van der Waals surface area contributed by atoms with Gasteiger partial charge in [0.2, 0.25) is 0 Å². The molecule has 0 radical (unpaired) electrons. The number of ether oxygens (including phenoxy) is 1. The fourth-order valence-electron chi connectivity index (χ4n) is 8.48. The van der Waals surface area contributed by atoms with Crippen LogP contribution in [-0.2, 0) is 5.41 Å². The molecule has 4 aromatic carbocycles. The van der Waals surface area contributed by atoms with Gasteiger partial charge in [-0.2, -0.15) is 0 Å². The van der Waals surface area contributed by atoms with Crippen LogP contribution in [-0.4, -0.2) is 6.71 Å². The molecule has 2 heteroatoms. The zero-order valence-corrected chi connectivity index (χ0v) is 24.9. The van der Waals surface area contributed by atoms with E-state index in [1.807, 2.05) is 0 Å². The first-order chi connectivity index (χ1) is 20.3. The molecule has 2 aliphatic heterocycles. The first kappa shape index (κ1) is 25.4. The molecule has 42 heavy (non-hydrogen) atoms. The Labute approximate surface area is 250 Å². The van der Waals surface area contributed by atoms with E-state index in [1.165, 1.54) is 50.0 Å². The predicted molar refractivity (Wildman–Crippen MR) is 178 cm³/mol. The van der Waals surface area contributed by atoms with Crippen LogP contribution in [0.5, 0.6) is 11.5 Å². The molecule has 4 aliphatic rings. The number of rotatable bonds is 1. The Morgan fingerprint density at radius 3 is 1.95 bits per heavy atom. The molecule has 1 saturated heterocycles. The van der Waals surface area contributed by atoms with E-state index >= 15 is 0 Å². The SMILES string of the molecule is C=C1/C=C\C=C/CC2=C(c3ccccc31)C1(c3ccccc3Oc3ccccc31)c1cc(B3C(C)(C)C3(C)C)ccc12. The van der Waals surface area contributed by atoms with Crippen molar-refractivity contribution < 1.29 is 4.74 Å². The van der Waals surface area contributed by atoms with Gasteiger partial charge in [0.25, 0.3) is 0 Å². The van der Waals surface area contributed by atoms with Gasteiger partial charge in [-0.05, 0) is 57.5 Å². The van der Waals surface area contributed by atoms with Crippen LogP contribution in [0, 0.1) is 0 Å². The fraction of sp³-hybridized carbons (Fsp3) is 0.200. The maximum Gasteiger partial charge on any atom is 0.187 e. The zero-order valence-electron chi connectivity index (χ0n) is 24.9. The van der Waals surface area contributed by atoms with Crippen molar-refractivity contribution in [3.8, 4) is 11.5 Å². The molecule has 0 atom stereocenters. The third kappa shape index (κ3) is 3.16. The Kier molecular flexibility index (Phi) is 5.21. The molecule has 0 aromatic heterocycles. The van der Waals surface area contributed by atoms with E-state index in [2.05, 4.69) is 150 Å². The smallest absolute Gasteiger partial charge is 0.187 e. The van der Waals surface area contributed by atoms with E-state index in [1.54, 1.807) is 0 Å². The molecular weight excluding hydrogens is 507 g/mol. The largest absolute Gasteiger partial charge is 0.457 e. The fourth-order valence-corrected chi connectivity index (χ4v) is 8.48. The van der Waals surface area contributed by atoms with E-state index in [-0.39, 0.29) is 10.6 Å². The van der Waals surface area contributed by atoms with Gasteiger partial charge in [-0.15, -0.1) is 0 Å². The molecule has 1 fully saturated rings. The van der Waals surface area contributed by atoms with Crippen molar-refractivity contribution in [3.05, 3.63) is 155 Å². The highest BCUT2D eigenvalue weighted by atomic mass is 16.5. The van der Waals surface area contributed by atoms with Crippen LogP contribution < -0.4 is 10.2 Å². The minimum atomic E-state index is -0.525. The maximum absolute atomic E-state index is 6.66.